The smallest absolute Gasteiger partial charge is 0.0926 e. The van der Waals surface area contributed by atoms with Gasteiger partial charge in [-0.05, 0) is 11.3 Å². The van der Waals surface area contributed by atoms with Crippen LogP contribution in [0.1, 0.15) is 5.56 Å². The zero-order valence-corrected chi connectivity index (χ0v) is 5.36. The molecule has 0 N–H and O–H groups in total. The lowest BCUT2D eigenvalue weighted by molar-refractivity contribution is 0.657. The molecule has 1 heterocycles. The summed E-state index contributed by atoms with van der Waals surface area (Å²) < 4.78 is 0. The van der Waals surface area contributed by atoms with E-state index < -0.39 is 0 Å². The number of hydrogen-bond acceptors (Lipinski definition) is 2. The molecule has 0 unspecified atom stereocenters. The monoisotopic (exact) mass is 132 g/mol. The second-order valence-corrected chi connectivity index (χ2v) is 2.12. The van der Waals surface area contributed by atoms with Gasteiger partial charge < -0.3 is 0 Å². The highest BCUT2D eigenvalue weighted by molar-refractivity contribution is 5.45. The van der Waals surface area contributed by atoms with Gasteiger partial charge in [-0.15, -0.1) is 5.11 Å². The van der Waals surface area contributed by atoms with Crippen LogP contribution < -0.4 is 5.43 Å². The fraction of sp³-hybridized carbons (Fsp3) is 0.143. The number of nitrogens with zero attached hydrogens (tertiary/aromatic N) is 3. The van der Waals surface area contributed by atoms with Gasteiger partial charge in [0.2, 0.25) is 0 Å². The molecule has 1 radical (unpaired) electrons. The summed E-state index contributed by atoms with van der Waals surface area (Å²) in [7, 11) is 0. The molecule has 1 aliphatic heterocycles. The largest absolute Gasteiger partial charge is 0.164 e. The summed E-state index contributed by atoms with van der Waals surface area (Å²) in [6.07, 6.45) is 0. The van der Waals surface area contributed by atoms with Crippen molar-refractivity contribution in [1.82, 2.24) is 5.43 Å². The molecule has 10 heavy (non-hydrogen) atoms. The SMILES string of the molecule is c1ccc2c(c1)C[N]N=N2. The van der Waals surface area contributed by atoms with E-state index >= 15 is 0 Å². The minimum atomic E-state index is 0.666. The van der Waals surface area contributed by atoms with Crippen LogP contribution in [0.5, 0.6) is 0 Å². The molecule has 49 valence electrons. The van der Waals surface area contributed by atoms with Crippen molar-refractivity contribution in [3.8, 4) is 0 Å². The van der Waals surface area contributed by atoms with E-state index in [-0.39, 0.29) is 0 Å². The maximum absolute atomic E-state index is 3.85. The molecule has 1 aromatic carbocycles. The van der Waals surface area contributed by atoms with E-state index in [9.17, 15) is 0 Å². The Hall–Kier alpha value is -1.38. The van der Waals surface area contributed by atoms with Crippen molar-refractivity contribution < 1.29 is 0 Å². The minimum absolute atomic E-state index is 0.666. The highest BCUT2D eigenvalue weighted by Crippen LogP contribution is 2.21. The number of benzene rings is 1. The molecule has 0 atom stereocenters. The van der Waals surface area contributed by atoms with Crippen LogP contribution in [0, 0.1) is 0 Å². The van der Waals surface area contributed by atoms with Gasteiger partial charge >= 0.3 is 0 Å². The van der Waals surface area contributed by atoms with Crippen LogP contribution in [0.15, 0.2) is 34.6 Å². The standard InChI is InChI=1S/C7H6N3/c1-2-4-7-6(3-1)5-8-10-9-7/h1-4H,5H2. The van der Waals surface area contributed by atoms with E-state index in [1.165, 1.54) is 0 Å². The molecule has 0 bridgehead atoms. The van der Waals surface area contributed by atoms with E-state index in [2.05, 4.69) is 15.8 Å². The minimum Gasteiger partial charge on any atom is -0.164 e. The molecule has 1 aliphatic rings. The van der Waals surface area contributed by atoms with Gasteiger partial charge in [0.1, 0.15) is 0 Å². The van der Waals surface area contributed by atoms with Gasteiger partial charge in [0, 0.05) is 5.56 Å². The second-order valence-electron chi connectivity index (χ2n) is 2.12. The molecular weight excluding hydrogens is 126 g/mol. The molecule has 1 aromatic rings. The maximum Gasteiger partial charge on any atom is 0.0926 e. The molecule has 0 aromatic heterocycles. The van der Waals surface area contributed by atoms with Gasteiger partial charge in [0.15, 0.2) is 0 Å². The first kappa shape index (κ1) is 5.41. The number of fused-ring (bicyclic) bond motifs is 1. The fourth-order valence-corrected chi connectivity index (χ4v) is 0.930. The Morgan fingerprint density at radius 1 is 1.20 bits per heavy atom. The summed E-state index contributed by atoms with van der Waals surface area (Å²) in [6.45, 7) is 0.666. The summed E-state index contributed by atoms with van der Waals surface area (Å²) >= 11 is 0. The average molecular weight is 132 g/mol. The van der Waals surface area contributed by atoms with E-state index in [1.807, 2.05) is 24.3 Å². The lowest BCUT2D eigenvalue weighted by Gasteiger charge is -2.05. The van der Waals surface area contributed by atoms with Gasteiger partial charge in [0.05, 0.1) is 12.2 Å². The maximum atomic E-state index is 3.85. The third-order valence-electron chi connectivity index (χ3n) is 1.45. The summed E-state index contributed by atoms with van der Waals surface area (Å²) in [6, 6.07) is 7.88. The normalized spacial score (nSPS) is 14.0. The number of hydrogen-bond donors (Lipinski definition) is 0. The molecule has 0 spiro atoms. The van der Waals surface area contributed by atoms with Crippen molar-refractivity contribution in [2.75, 3.05) is 0 Å². The van der Waals surface area contributed by atoms with Gasteiger partial charge in [-0.2, -0.15) is 5.43 Å². The Bertz CT molecular complexity index is 267. The number of rotatable bonds is 0. The van der Waals surface area contributed by atoms with Crippen LogP contribution >= 0.6 is 0 Å². The summed E-state index contributed by atoms with van der Waals surface area (Å²) in [5.74, 6) is 0. The molecule has 3 nitrogen and oxygen atoms in total. The van der Waals surface area contributed by atoms with Crippen LogP contribution in [0.2, 0.25) is 0 Å². The van der Waals surface area contributed by atoms with Crippen LogP contribution in [0.4, 0.5) is 5.69 Å². The fourth-order valence-electron chi connectivity index (χ4n) is 0.930. The van der Waals surface area contributed by atoms with Gasteiger partial charge in [-0.3, -0.25) is 0 Å². The topological polar surface area (TPSA) is 38.8 Å². The third-order valence-corrected chi connectivity index (χ3v) is 1.45. The Morgan fingerprint density at radius 3 is 3.00 bits per heavy atom. The molecule has 2 rings (SSSR count). The highest BCUT2D eigenvalue weighted by Gasteiger charge is 2.03. The quantitative estimate of drug-likeness (QED) is 0.516. The highest BCUT2D eigenvalue weighted by atomic mass is 15.4. The van der Waals surface area contributed by atoms with Crippen LogP contribution in [-0.4, -0.2) is 0 Å². The Morgan fingerprint density at radius 2 is 2.10 bits per heavy atom. The molecule has 0 saturated heterocycles. The van der Waals surface area contributed by atoms with Gasteiger partial charge in [0.25, 0.3) is 0 Å². The van der Waals surface area contributed by atoms with Crippen molar-refractivity contribution in [1.29, 1.82) is 0 Å². The molecule has 0 saturated carbocycles. The van der Waals surface area contributed by atoms with Crippen molar-refractivity contribution in [3.05, 3.63) is 29.8 Å². The third kappa shape index (κ3) is 0.757. The predicted molar refractivity (Wildman–Crippen MR) is 36.8 cm³/mol. The first-order chi connectivity index (χ1) is 4.97. The second kappa shape index (κ2) is 2.10. The van der Waals surface area contributed by atoms with Crippen LogP contribution in [0.3, 0.4) is 0 Å². The van der Waals surface area contributed by atoms with E-state index in [4.69, 9.17) is 0 Å². The van der Waals surface area contributed by atoms with Crippen LogP contribution in [-0.2, 0) is 6.54 Å². The van der Waals surface area contributed by atoms with Crippen molar-refractivity contribution in [3.63, 3.8) is 0 Å². The lowest BCUT2D eigenvalue weighted by Crippen LogP contribution is -1.99. The Labute approximate surface area is 58.8 Å². The van der Waals surface area contributed by atoms with Crippen molar-refractivity contribution >= 4 is 5.69 Å². The molecular formula is C7H6N3. The van der Waals surface area contributed by atoms with E-state index in [1.54, 1.807) is 0 Å². The first-order valence-corrected chi connectivity index (χ1v) is 3.12. The Balaban J connectivity index is 2.54. The van der Waals surface area contributed by atoms with E-state index in [0.717, 1.165) is 11.3 Å². The summed E-state index contributed by atoms with van der Waals surface area (Å²) in [4.78, 5) is 0. The molecule has 0 aliphatic carbocycles. The summed E-state index contributed by atoms with van der Waals surface area (Å²) in [5.41, 5.74) is 5.87. The Kier molecular flexibility index (Phi) is 1.13. The van der Waals surface area contributed by atoms with Crippen molar-refractivity contribution in [2.45, 2.75) is 6.54 Å². The first-order valence-electron chi connectivity index (χ1n) is 3.12. The summed E-state index contributed by atoms with van der Waals surface area (Å²) in [5, 5.41) is 7.42. The molecule has 0 fully saturated rings. The lowest BCUT2D eigenvalue weighted by atomic mass is 10.2. The average Bonchev–Trinajstić information content (AvgIpc) is 2.05. The zero-order chi connectivity index (χ0) is 6.81. The molecule has 0 amide bonds. The van der Waals surface area contributed by atoms with E-state index in [0.29, 0.717) is 6.54 Å². The van der Waals surface area contributed by atoms with Crippen LogP contribution in [0.25, 0.3) is 0 Å². The van der Waals surface area contributed by atoms with Gasteiger partial charge in [-0.1, -0.05) is 18.2 Å². The van der Waals surface area contributed by atoms with Crippen molar-refractivity contribution in [2.24, 2.45) is 10.3 Å². The predicted octanol–water partition coefficient (Wildman–Crippen LogP) is 1.80. The zero-order valence-electron chi connectivity index (χ0n) is 5.36. The molecule has 3 heteroatoms. The van der Waals surface area contributed by atoms with Gasteiger partial charge in [-0.25, -0.2) is 0 Å².